The number of hydrogen-bond acceptors (Lipinski definition) is 3. The molecule has 120 valence electrons. The van der Waals surface area contributed by atoms with E-state index in [1.807, 2.05) is 18.2 Å². The van der Waals surface area contributed by atoms with Crippen molar-refractivity contribution in [2.24, 2.45) is 0 Å². The fourth-order valence-electron chi connectivity index (χ4n) is 2.57. The molecule has 0 atom stereocenters. The fourth-order valence-corrected chi connectivity index (χ4v) is 4.26. The maximum atomic E-state index is 12.7. The van der Waals surface area contributed by atoms with Crippen LogP contribution in [0.25, 0.3) is 10.8 Å². The van der Waals surface area contributed by atoms with Gasteiger partial charge in [-0.2, -0.15) is 4.31 Å². The molecule has 1 N–H and O–H groups in total. The zero-order valence-electron chi connectivity index (χ0n) is 12.0. The van der Waals surface area contributed by atoms with Crippen molar-refractivity contribution < 1.29 is 8.42 Å². The van der Waals surface area contributed by atoms with Crippen LogP contribution in [0.3, 0.4) is 0 Å². The van der Waals surface area contributed by atoms with Gasteiger partial charge in [0.15, 0.2) is 0 Å². The van der Waals surface area contributed by atoms with Crippen LogP contribution in [0.5, 0.6) is 0 Å². The minimum atomic E-state index is -3.43. The van der Waals surface area contributed by atoms with E-state index in [4.69, 9.17) is 11.6 Å². The Bertz CT molecular complexity index is 757. The van der Waals surface area contributed by atoms with E-state index in [1.165, 1.54) is 0 Å². The molecule has 1 aliphatic heterocycles. The lowest BCUT2D eigenvalue weighted by Crippen LogP contribution is -2.34. The lowest BCUT2D eigenvalue weighted by atomic mass is 10.1. The molecule has 0 radical (unpaired) electrons. The number of nitrogens with one attached hydrogen (secondary N) is 1. The summed E-state index contributed by atoms with van der Waals surface area (Å²) in [6.07, 6.45) is 0.836. The molecule has 1 saturated heterocycles. The zero-order valence-corrected chi connectivity index (χ0v) is 14.3. The summed E-state index contributed by atoms with van der Waals surface area (Å²) in [7, 11) is -3.43. The summed E-state index contributed by atoms with van der Waals surface area (Å²) in [6, 6.07) is 10.6. The van der Waals surface area contributed by atoms with Crippen LogP contribution in [0.4, 0.5) is 0 Å². The van der Waals surface area contributed by atoms with Crippen LogP contribution in [0, 0.1) is 0 Å². The van der Waals surface area contributed by atoms with Gasteiger partial charge in [0.1, 0.15) is 0 Å². The van der Waals surface area contributed by atoms with Crippen LogP contribution in [0.1, 0.15) is 6.42 Å². The molecule has 0 saturated carbocycles. The van der Waals surface area contributed by atoms with Crippen LogP contribution >= 0.6 is 24.0 Å². The molecule has 1 aliphatic rings. The minimum Gasteiger partial charge on any atom is -0.315 e. The molecule has 1 fully saturated rings. The van der Waals surface area contributed by atoms with E-state index in [0.29, 0.717) is 29.6 Å². The molecule has 1 heterocycles. The minimum absolute atomic E-state index is 0. The normalized spacial score (nSPS) is 17.0. The standard InChI is InChI=1S/C15H17ClN2O2S.ClH/c16-14-4-2-13-11-15(5-3-12(13)10-14)21(19,20)18-8-1-6-17-7-9-18;/h2-5,10-11,17H,1,6-9H2;1H. The van der Waals surface area contributed by atoms with E-state index in [-0.39, 0.29) is 12.4 Å². The second kappa shape index (κ2) is 7.15. The first-order valence-corrected chi connectivity index (χ1v) is 8.79. The highest BCUT2D eigenvalue weighted by atomic mass is 35.5. The van der Waals surface area contributed by atoms with Crippen LogP contribution in [-0.4, -0.2) is 38.9 Å². The second-order valence-corrected chi connectivity index (χ2v) is 7.54. The van der Waals surface area contributed by atoms with Crippen LogP contribution < -0.4 is 5.32 Å². The van der Waals surface area contributed by atoms with Gasteiger partial charge in [-0.25, -0.2) is 8.42 Å². The zero-order chi connectivity index (χ0) is 14.9. The van der Waals surface area contributed by atoms with Crippen molar-refractivity contribution in [3.05, 3.63) is 41.4 Å². The number of halogens is 2. The number of sulfonamides is 1. The molecule has 0 aliphatic carbocycles. The maximum absolute atomic E-state index is 12.7. The van der Waals surface area contributed by atoms with Gasteiger partial charge in [-0.05, 0) is 48.0 Å². The van der Waals surface area contributed by atoms with Crippen molar-refractivity contribution in [2.75, 3.05) is 26.2 Å². The third-order valence-corrected chi connectivity index (χ3v) is 5.84. The molecular weight excluding hydrogens is 343 g/mol. The average Bonchev–Trinajstić information content (AvgIpc) is 2.76. The van der Waals surface area contributed by atoms with Crippen LogP contribution in [0.15, 0.2) is 41.3 Å². The van der Waals surface area contributed by atoms with Crippen LogP contribution in [0.2, 0.25) is 5.02 Å². The largest absolute Gasteiger partial charge is 0.315 e. The molecule has 0 spiro atoms. The maximum Gasteiger partial charge on any atom is 0.243 e. The van der Waals surface area contributed by atoms with Gasteiger partial charge in [-0.15, -0.1) is 12.4 Å². The van der Waals surface area contributed by atoms with Gasteiger partial charge in [0.2, 0.25) is 10.0 Å². The van der Waals surface area contributed by atoms with E-state index in [2.05, 4.69) is 5.32 Å². The second-order valence-electron chi connectivity index (χ2n) is 5.16. The Labute approximate surface area is 141 Å². The first kappa shape index (κ1) is 17.5. The Morgan fingerprint density at radius 1 is 1.00 bits per heavy atom. The van der Waals surface area contributed by atoms with Crippen molar-refractivity contribution in [2.45, 2.75) is 11.3 Å². The van der Waals surface area contributed by atoms with Gasteiger partial charge < -0.3 is 5.32 Å². The number of benzene rings is 2. The van der Waals surface area contributed by atoms with Crippen LogP contribution in [-0.2, 0) is 10.0 Å². The van der Waals surface area contributed by atoms with Gasteiger partial charge in [-0.3, -0.25) is 0 Å². The molecule has 0 amide bonds. The lowest BCUT2D eigenvalue weighted by Gasteiger charge is -2.19. The summed E-state index contributed by atoms with van der Waals surface area (Å²) in [5.41, 5.74) is 0. The van der Waals surface area contributed by atoms with E-state index < -0.39 is 10.0 Å². The number of rotatable bonds is 2. The summed E-state index contributed by atoms with van der Waals surface area (Å²) in [6.45, 7) is 2.64. The van der Waals surface area contributed by atoms with Gasteiger partial charge in [0, 0.05) is 24.7 Å². The summed E-state index contributed by atoms with van der Waals surface area (Å²) < 4.78 is 27.0. The highest BCUT2D eigenvalue weighted by Crippen LogP contribution is 2.24. The van der Waals surface area contributed by atoms with Crippen molar-refractivity contribution in [1.82, 2.24) is 9.62 Å². The predicted octanol–water partition coefficient (Wildman–Crippen LogP) is 2.90. The van der Waals surface area contributed by atoms with E-state index in [0.717, 1.165) is 23.7 Å². The van der Waals surface area contributed by atoms with Crippen molar-refractivity contribution in [3.8, 4) is 0 Å². The van der Waals surface area contributed by atoms with Gasteiger partial charge in [0.05, 0.1) is 4.90 Å². The van der Waals surface area contributed by atoms with E-state index >= 15 is 0 Å². The molecule has 0 bridgehead atoms. The van der Waals surface area contributed by atoms with Crippen molar-refractivity contribution in [3.63, 3.8) is 0 Å². The molecule has 0 unspecified atom stereocenters. The van der Waals surface area contributed by atoms with E-state index in [1.54, 1.807) is 22.5 Å². The average molecular weight is 361 g/mol. The number of fused-ring (bicyclic) bond motifs is 1. The summed E-state index contributed by atoms with van der Waals surface area (Å²) in [5, 5.41) is 5.69. The quantitative estimate of drug-likeness (QED) is 0.895. The summed E-state index contributed by atoms with van der Waals surface area (Å²) >= 11 is 5.95. The van der Waals surface area contributed by atoms with Crippen molar-refractivity contribution >= 4 is 44.8 Å². The smallest absolute Gasteiger partial charge is 0.243 e. The molecular formula is C15H18Cl2N2O2S. The highest BCUT2D eigenvalue weighted by molar-refractivity contribution is 7.89. The molecule has 4 nitrogen and oxygen atoms in total. The molecule has 3 rings (SSSR count). The molecule has 0 aromatic heterocycles. The summed E-state index contributed by atoms with van der Waals surface area (Å²) in [5.74, 6) is 0. The third kappa shape index (κ3) is 3.55. The Morgan fingerprint density at radius 2 is 1.73 bits per heavy atom. The summed E-state index contributed by atoms with van der Waals surface area (Å²) in [4.78, 5) is 0.347. The number of nitrogens with zero attached hydrogens (tertiary/aromatic N) is 1. The number of hydrogen-bond donors (Lipinski definition) is 1. The molecule has 2 aromatic rings. The third-order valence-electron chi connectivity index (χ3n) is 3.71. The Kier molecular flexibility index (Phi) is 5.69. The first-order chi connectivity index (χ1) is 10.1. The topological polar surface area (TPSA) is 49.4 Å². The van der Waals surface area contributed by atoms with Crippen molar-refractivity contribution in [1.29, 1.82) is 0 Å². The highest BCUT2D eigenvalue weighted by Gasteiger charge is 2.25. The lowest BCUT2D eigenvalue weighted by molar-refractivity contribution is 0.432. The Hall–Kier alpha value is -0.850. The van der Waals surface area contributed by atoms with Gasteiger partial charge in [0.25, 0.3) is 0 Å². The van der Waals surface area contributed by atoms with Gasteiger partial charge >= 0.3 is 0 Å². The van der Waals surface area contributed by atoms with Gasteiger partial charge in [-0.1, -0.05) is 23.7 Å². The Morgan fingerprint density at radius 3 is 2.55 bits per heavy atom. The predicted molar refractivity (Wildman–Crippen MR) is 92.5 cm³/mol. The molecule has 2 aromatic carbocycles. The monoisotopic (exact) mass is 360 g/mol. The molecule has 22 heavy (non-hydrogen) atoms. The molecule has 7 heteroatoms. The fraction of sp³-hybridized carbons (Fsp3) is 0.333. The van der Waals surface area contributed by atoms with E-state index in [9.17, 15) is 8.42 Å². The first-order valence-electron chi connectivity index (χ1n) is 6.97. The Balaban J connectivity index is 0.00000176. The SMILES string of the molecule is Cl.O=S(=O)(c1ccc2cc(Cl)ccc2c1)N1CCCNCC1.